The summed E-state index contributed by atoms with van der Waals surface area (Å²) < 4.78 is 28.3. The molecule has 8 heteroatoms. The van der Waals surface area contributed by atoms with Crippen molar-refractivity contribution in [3.8, 4) is 0 Å². The number of benzene rings is 2. The summed E-state index contributed by atoms with van der Waals surface area (Å²) in [5, 5.41) is 16.3. The maximum atomic E-state index is 14.5. The van der Waals surface area contributed by atoms with Crippen LogP contribution in [0, 0.1) is 17.6 Å². The van der Waals surface area contributed by atoms with Gasteiger partial charge in [-0.15, -0.1) is 0 Å². The lowest BCUT2D eigenvalue weighted by Gasteiger charge is -2.37. The van der Waals surface area contributed by atoms with Gasteiger partial charge in [-0.2, -0.15) is 5.10 Å². The predicted molar refractivity (Wildman–Crippen MR) is 115 cm³/mol. The molecule has 0 unspecified atom stereocenters. The van der Waals surface area contributed by atoms with Crippen molar-refractivity contribution in [1.29, 1.82) is 0 Å². The number of hydrogen-bond donors (Lipinski definition) is 2. The average molecular weight is 434 g/mol. The number of aliphatic hydroxyl groups is 1. The van der Waals surface area contributed by atoms with Crippen LogP contribution in [0.4, 0.5) is 8.78 Å². The molecule has 1 heterocycles. The number of nitrogens with two attached hydrogens (primary N) is 1. The molecule has 5 nitrogen and oxygen atoms in total. The van der Waals surface area contributed by atoms with Gasteiger partial charge < -0.3 is 10.8 Å². The standard InChI is InChI=1S/C22H25F2N3O2S/c1-14(2)19(28)21(29)27-22(11-6-12-25,15-7-4-3-5-8-15)30-20(26-27)17-13-16(23)9-10-18(17)24/h3-5,7-10,13-14,19,28H,6,11-12,25H2,1-2H3/t19-,22-/m0/s1. The second kappa shape index (κ2) is 9.24. The van der Waals surface area contributed by atoms with E-state index in [0.29, 0.717) is 19.4 Å². The fourth-order valence-corrected chi connectivity index (χ4v) is 4.75. The number of amides is 1. The molecule has 1 amide bonds. The average Bonchev–Trinajstić information content (AvgIpc) is 3.14. The van der Waals surface area contributed by atoms with Crippen molar-refractivity contribution in [1.82, 2.24) is 5.01 Å². The largest absolute Gasteiger partial charge is 0.383 e. The molecular weight excluding hydrogens is 408 g/mol. The molecule has 0 bridgehead atoms. The number of thioether (sulfide) groups is 1. The number of hydrazone groups is 1. The topological polar surface area (TPSA) is 78.9 Å². The zero-order valence-electron chi connectivity index (χ0n) is 16.9. The van der Waals surface area contributed by atoms with E-state index in [0.717, 1.165) is 23.8 Å². The van der Waals surface area contributed by atoms with Crippen LogP contribution in [-0.2, 0) is 9.67 Å². The smallest absolute Gasteiger partial charge is 0.273 e. The van der Waals surface area contributed by atoms with Gasteiger partial charge in [0, 0.05) is 5.56 Å². The van der Waals surface area contributed by atoms with Crippen LogP contribution in [-0.4, -0.2) is 33.7 Å². The Balaban J connectivity index is 2.16. The molecule has 0 fully saturated rings. The Kier molecular flexibility index (Phi) is 6.90. The maximum absolute atomic E-state index is 14.5. The molecule has 1 aliphatic rings. The Morgan fingerprint density at radius 3 is 2.57 bits per heavy atom. The molecule has 1 aliphatic heterocycles. The zero-order chi connectivity index (χ0) is 21.9. The Labute approximate surface area is 179 Å². The first-order chi connectivity index (χ1) is 14.3. The summed E-state index contributed by atoms with van der Waals surface area (Å²) in [5.74, 6) is -2.17. The number of carbonyl (C=O) groups excluding carboxylic acids is 1. The minimum atomic E-state index is -1.29. The summed E-state index contributed by atoms with van der Waals surface area (Å²) in [6.45, 7) is 3.84. The summed E-state index contributed by atoms with van der Waals surface area (Å²) >= 11 is 1.17. The third kappa shape index (κ3) is 4.26. The van der Waals surface area contributed by atoms with Crippen LogP contribution in [0.15, 0.2) is 53.6 Å². The summed E-state index contributed by atoms with van der Waals surface area (Å²) in [7, 11) is 0. The van der Waals surface area contributed by atoms with Crippen LogP contribution in [0.3, 0.4) is 0 Å². The van der Waals surface area contributed by atoms with Gasteiger partial charge in [-0.25, -0.2) is 13.8 Å². The first kappa shape index (κ1) is 22.4. The Hall–Kier alpha value is -2.29. The lowest BCUT2D eigenvalue weighted by atomic mass is 9.98. The third-order valence-corrected chi connectivity index (χ3v) is 6.44. The van der Waals surface area contributed by atoms with Gasteiger partial charge in [-0.3, -0.25) is 4.79 Å². The van der Waals surface area contributed by atoms with E-state index >= 15 is 0 Å². The molecule has 0 radical (unpaired) electrons. The van der Waals surface area contributed by atoms with Gasteiger partial charge in [0.1, 0.15) is 27.7 Å². The number of halogens is 2. The number of hydrogen-bond acceptors (Lipinski definition) is 5. The maximum Gasteiger partial charge on any atom is 0.273 e. The van der Waals surface area contributed by atoms with Gasteiger partial charge in [-0.05, 0) is 49.1 Å². The zero-order valence-corrected chi connectivity index (χ0v) is 17.7. The predicted octanol–water partition coefficient (Wildman–Crippen LogP) is 3.81. The van der Waals surface area contributed by atoms with E-state index in [1.807, 2.05) is 30.3 Å². The molecule has 3 N–H and O–H groups in total. The molecule has 0 saturated carbocycles. The normalized spacial score (nSPS) is 19.8. The Bertz CT molecular complexity index is 939. The van der Waals surface area contributed by atoms with Gasteiger partial charge >= 0.3 is 0 Å². The SMILES string of the molecule is CC(C)[C@H](O)C(=O)N1N=C(c2cc(F)ccc2F)S[C@@]1(CCCN)c1ccccc1. The highest BCUT2D eigenvalue weighted by molar-refractivity contribution is 8.15. The van der Waals surface area contributed by atoms with Crippen LogP contribution in [0.2, 0.25) is 0 Å². The molecule has 3 rings (SSSR count). The van der Waals surface area contributed by atoms with Crippen molar-refractivity contribution >= 4 is 22.7 Å². The summed E-state index contributed by atoms with van der Waals surface area (Å²) in [6, 6.07) is 12.4. The van der Waals surface area contributed by atoms with E-state index in [4.69, 9.17) is 5.73 Å². The second-order valence-corrected chi connectivity index (χ2v) is 8.78. The lowest BCUT2D eigenvalue weighted by molar-refractivity contribution is -0.146. The molecule has 2 aromatic carbocycles. The number of aliphatic hydroxyl groups excluding tert-OH is 1. The van der Waals surface area contributed by atoms with E-state index in [2.05, 4.69) is 5.10 Å². The minimum Gasteiger partial charge on any atom is -0.383 e. The summed E-state index contributed by atoms with van der Waals surface area (Å²) in [4.78, 5) is 12.2. The molecule has 2 atom stereocenters. The van der Waals surface area contributed by atoms with E-state index in [-0.39, 0.29) is 16.5 Å². The van der Waals surface area contributed by atoms with E-state index in [1.165, 1.54) is 16.8 Å². The van der Waals surface area contributed by atoms with Crippen LogP contribution >= 0.6 is 11.8 Å². The summed E-state index contributed by atoms with van der Waals surface area (Å²) in [5.41, 5.74) is 6.50. The van der Waals surface area contributed by atoms with Crippen molar-refractivity contribution in [2.45, 2.75) is 37.7 Å². The fourth-order valence-electron chi connectivity index (χ4n) is 3.33. The Morgan fingerprint density at radius 1 is 1.23 bits per heavy atom. The quantitative estimate of drug-likeness (QED) is 0.696. The molecule has 0 aromatic heterocycles. The highest BCUT2D eigenvalue weighted by atomic mass is 32.2. The van der Waals surface area contributed by atoms with Crippen LogP contribution in [0.5, 0.6) is 0 Å². The number of nitrogens with zero attached hydrogens (tertiary/aromatic N) is 2. The molecule has 0 aliphatic carbocycles. The van der Waals surface area contributed by atoms with Gasteiger partial charge in [0.25, 0.3) is 5.91 Å². The number of rotatable bonds is 7. The fraction of sp³-hybridized carbons (Fsp3) is 0.364. The van der Waals surface area contributed by atoms with Crippen molar-refractivity contribution < 1.29 is 18.7 Å². The molecule has 0 spiro atoms. The van der Waals surface area contributed by atoms with Crippen molar-refractivity contribution in [3.63, 3.8) is 0 Å². The minimum absolute atomic E-state index is 0.0256. The van der Waals surface area contributed by atoms with E-state index < -0.39 is 28.5 Å². The lowest BCUT2D eigenvalue weighted by Crippen LogP contribution is -2.47. The first-order valence-electron chi connectivity index (χ1n) is 9.81. The first-order valence-corrected chi connectivity index (χ1v) is 10.6. The Morgan fingerprint density at radius 2 is 1.93 bits per heavy atom. The summed E-state index contributed by atoms with van der Waals surface area (Å²) in [6.07, 6.45) is -0.289. The molecule has 30 heavy (non-hydrogen) atoms. The molecule has 0 saturated heterocycles. The van der Waals surface area contributed by atoms with Crippen molar-refractivity contribution in [3.05, 3.63) is 71.3 Å². The van der Waals surface area contributed by atoms with E-state index in [1.54, 1.807) is 13.8 Å². The van der Waals surface area contributed by atoms with Crippen LogP contribution in [0.1, 0.15) is 37.8 Å². The van der Waals surface area contributed by atoms with E-state index in [9.17, 15) is 18.7 Å². The number of carbonyl (C=O) groups is 1. The second-order valence-electron chi connectivity index (χ2n) is 7.51. The molecule has 2 aromatic rings. The van der Waals surface area contributed by atoms with Gasteiger partial charge in [-0.1, -0.05) is 55.9 Å². The van der Waals surface area contributed by atoms with Gasteiger partial charge in [0.2, 0.25) is 0 Å². The van der Waals surface area contributed by atoms with Gasteiger partial charge in [0.15, 0.2) is 0 Å². The molecule has 160 valence electrons. The highest BCUT2D eigenvalue weighted by Gasteiger charge is 2.50. The van der Waals surface area contributed by atoms with Crippen LogP contribution < -0.4 is 5.73 Å². The monoisotopic (exact) mass is 433 g/mol. The highest BCUT2D eigenvalue weighted by Crippen LogP contribution is 2.50. The van der Waals surface area contributed by atoms with Crippen molar-refractivity contribution in [2.24, 2.45) is 16.8 Å². The third-order valence-electron chi connectivity index (χ3n) is 5.00. The molecular formula is C22H25F2N3O2S. The van der Waals surface area contributed by atoms with Crippen molar-refractivity contribution in [2.75, 3.05) is 6.54 Å². The van der Waals surface area contributed by atoms with Crippen LogP contribution in [0.25, 0.3) is 0 Å². The van der Waals surface area contributed by atoms with Gasteiger partial charge in [0.05, 0.1) is 0 Å².